The van der Waals surface area contributed by atoms with Crippen LogP contribution in [0.15, 0.2) is 30.3 Å². The van der Waals surface area contributed by atoms with Crippen LogP contribution in [0.25, 0.3) is 10.9 Å². The van der Waals surface area contributed by atoms with E-state index in [0.717, 1.165) is 0 Å². The molecule has 0 N–H and O–H groups in total. The van der Waals surface area contributed by atoms with E-state index >= 15 is 0 Å². The number of rotatable bonds is 2. The summed E-state index contributed by atoms with van der Waals surface area (Å²) in [5, 5.41) is 12.3. The fourth-order valence-electron chi connectivity index (χ4n) is 1.52. The van der Waals surface area contributed by atoms with Crippen LogP contribution in [-0.2, 0) is 0 Å². The molecule has 0 saturated carbocycles. The van der Waals surface area contributed by atoms with Crippen LogP contribution < -0.4 is 9.47 Å². The molecule has 1 heterocycles. The van der Waals surface area contributed by atoms with E-state index in [-0.39, 0.29) is 5.88 Å². The molecule has 0 spiro atoms. The van der Waals surface area contributed by atoms with Gasteiger partial charge in [-0.3, -0.25) is 4.79 Å². The number of hydrogen-bond acceptors (Lipinski definition) is 3. The molecule has 0 bridgehead atoms. The van der Waals surface area contributed by atoms with E-state index in [1.807, 2.05) is 0 Å². The van der Waals surface area contributed by atoms with Crippen LogP contribution in [0.2, 0.25) is 0 Å². The highest BCUT2D eigenvalue weighted by atomic mass is 16.5. The summed E-state index contributed by atoms with van der Waals surface area (Å²) in [6.07, 6.45) is 0.713. The zero-order chi connectivity index (χ0) is 10.8. The Morgan fingerprint density at radius 2 is 2.13 bits per heavy atom. The SMILES string of the molecule is COc1cc(C=O)c2ccccc2[n+]1[O-]. The maximum Gasteiger partial charge on any atom is 0.380 e. The van der Waals surface area contributed by atoms with Crippen molar-refractivity contribution in [2.45, 2.75) is 0 Å². The molecule has 76 valence electrons. The van der Waals surface area contributed by atoms with E-state index in [9.17, 15) is 10.0 Å². The first-order chi connectivity index (χ1) is 7.27. The highest BCUT2D eigenvalue weighted by Gasteiger charge is 2.14. The number of hydrogen-bond donors (Lipinski definition) is 0. The van der Waals surface area contributed by atoms with Gasteiger partial charge in [0.1, 0.15) is 0 Å². The Morgan fingerprint density at radius 1 is 1.40 bits per heavy atom. The van der Waals surface area contributed by atoms with Crippen molar-refractivity contribution in [2.75, 3.05) is 7.11 Å². The number of nitrogens with zero attached hydrogens (tertiary/aromatic N) is 1. The molecule has 1 aromatic carbocycles. The predicted octanol–water partition coefficient (Wildman–Crippen LogP) is 1.29. The van der Waals surface area contributed by atoms with Gasteiger partial charge < -0.3 is 9.94 Å². The zero-order valence-electron chi connectivity index (χ0n) is 8.14. The summed E-state index contributed by atoms with van der Waals surface area (Å²) in [5.74, 6) is 0.121. The van der Waals surface area contributed by atoms with E-state index < -0.39 is 0 Å². The molecule has 0 atom stereocenters. The predicted molar refractivity (Wildman–Crippen MR) is 54.8 cm³/mol. The second-order valence-electron chi connectivity index (χ2n) is 3.07. The van der Waals surface area contributed by atoms with Gasteiger partial charge in [0, 0.05) is 11.6 Å². The number of carbonyl (C=O) groups excluding carboxylic acids is 1. The molecule has 0 aliphatic rings. The molecular weight excluding hydrogens is 194 g/mol. The van der Waals surface area contributed by atoms with Gasteiger partial charge in [-0.05, 0) is 6.07 Å². The van der Waals surface area contributed by atoms with Gasteiger partial charge in [-0.25, -0.2) is 0 Å². The molecule has 4 heteroatoms. The number of fused-ring (bicyclic) bond motifs is 1. The van der Waals surface area contributed by atoms with E-state index in [1.165, 1.54) is 13.2 Å². The Hall–Kier alpha value is -2.10. The van der Waals surface area contributed by atoms with E-state index in [0.29, 0.717) is 27.5 Å². The van der Waals surface area contributed by atoms with E-state index in [4.69, 9.17) is 4.74 Å². The molecule has 0 unspecified atom stereocenters. The van der Waals surface area contributed by atoms with Crippen molar-refractivity contribution in [3.63, 3.8) is 0 Å². The molecule has 1 aromatic heterocycles. The molecular formula is C11H9NO3. The lowest BCUT2D eigenvalue weighted by Gasteiger charge is -2.07. The highest BCUT2D eigenvalue weighted by molar-refractivity contribution is 5.95. The van der Waals surface area contributed by atoms with Crippen LogP contribution >= 0.6 is 0 Å². The standard InChI is InChI=1S/C11H9NO3/c1-15-11-6-8(7-13)9-4-2-3-5-10(9)12(11)14/h2-7H,1H3. The van der Waals surface area contributed by atoms with Crippen molar-refractivity contribution in [2.24, 2.45) is 0 Å². The maximum absolute atomic E-state index is 11.7. The minimum absolute atomic E-state index is 0.121. The van der Waals surface area contributed by atoms with Gasteiger partial charge in [-0.2, -0.15) is 0 Å². The quantitative estimate of drug-likeness (QED) is 0.420. The fourth-order valence-corrected chi connectivity index (χ4v) is 1.52. The lowest BCUT2D eigenvalue weighted by atomic mass is 10.1. The lowest BCUT2D eigenvalue weighted by Crippen LogP contribution is -2.29. The van der Waals surface area contributed by atoms with Crippen molar-refractivity contribution < 1.29 is 14.3 Å². The summed E-state index contributed by atoms with van der Waals surface area (Å²) in [5.41, 5.74) is 0.883. The molecule has 4 nitrogen and oxygen atoms in total. The van der Waals surface area contributed by atoms with Crippen molar-refractivity contribution in [1.82, 2.24) is 0 Å². The Labute approximate surface area is 86.3 Å². The number of para-hydroxylation sites is 1. The van der Waals surface area contributed by atoms with Gasteiger partial charge in [0.15, 0.2) is 6.29 Å². The molecule has 0 aliphatic heterocycles. The zero-order valence-corrected chi connectivity index (χ0v) is 8.14. The molecule has 15 heavy (non-hydrogen) atoms. The van der Waals surface area contributed by atoms with Crippen LogP contribution in [0.3, 0.4) is 0 Å². The van der Waals surface area contributed by atoms with Crippen LogP contribution in [0, 0.1) is 5.21 Å². The maximum atomic E-state index is 11.7. The highest BCUT2D eigenvalue weighted by Crippen LogP contribution is 2.18. The third-order valence-electron chi connectivity index (χ3n) is 2.25. The minimum atomic E-state index is 0.121. The average molecular weight is 203 g/mol. The third-order valence-corrected chi connectivity index (χ3v) is 2.25. The van der Waals surface area contributed by atoms with Crippen molar-refractivity contribution >= 4 is 17.2 Å². The number of ether oxygens (including phenoxy) is 1. The number of aromatic nitrogens is 1. The third kappa shape index (κ3) is 1.40. The van der Waals surface area contributed by atoms with Gasteiger partial charge in [-0.1, -0.05) is 12.1 Å². The van der Waals surface area contributed by atoms with Gasteiger partial charge >= 0.3 is 5.88 Å². The van der Waals surface area contributed by atoms with E-state index in [2.05, 4.69) is 0 Å². The first-order valence-electron chi connectivity index (χ1n) is 4.42. The molecule has 0 radical (unpaired) electrons. The number of carbonyl (C=O) groups is 1. The summed E-state index contributed by atoms with van der Waals surface area (Å²) >= 11 is 0. The topological polar surface area (TPSA) is 53.2 Å². The van der Waals surface area contributed by atoms with Gasteiger partial charge in [-0.15, -0.1) is 4.73 Å². The summed E-state index contributed by atoms with van der Waals surface area (Å²) in [7, 11) is 1.40. The van der Waals surface area contributed by atoms with Gasteiger partial charge in [0.2, 0.25) is 5.52 Å². The first-order valence-corrected chi connectivity index (χ1v) is 4.42. The molecule has 0 aliphatic carbocycles. The second kappa shape index (κ2) is 3.57. The lowest BCUT2D eigenvalue weighted by molar-refractivity contribution is -0.584. The minimum Gasteiger partial charge on any atom is -0.616 e. The van der Waals surface area contributed by atoms with Crippen LogP contribution in [-0.4, -0.2) is 13.4 Å². The summed E-state index contributed by atoms with van der Waals surface area (Å²) in [4.78, 5) is 10.8. The summed E-state index contributed by atoms with van der Waals surface area (Å²) < 4.78 is 5.56. The smallest absolute Gasteiger partial charge is 0.380 e. The fraction of sp³-hybridized carbons (Fsp3) is 0.0909. The normalized spacial score (nSPS) is 10.2. The number of methoxy groups -OCH3 is 1. The number of benzene rings is 1. The Balaban J connectivity index is 2.90. The van der Waals surface area contributed by atoms with Gasteiger partial charge in [0.05, 0.1) is 18.6 Å². The first kappa shape index (κ1) is 9.45. The van der Waals surface area contributed by atoms with Gasteiger partial charge in [0.25, 0.3) is 0 Å². The Kier molecular flexibility index (Phi) is 2.25. The van der Waals surface area contributed by atoms with Crippen LogP contribution in [0.5, 0.6) is 5.88 Å². The van der Waals surface area contributed by atoms with Crippen molar-refractivity contribution in [3.8, 4) is 5.88 Å². The van der Waals surface area contributed by atoms with E-state index in [1.54, 1.807) is 24.3 Å². The van der Waals surface area contributed by atoms with Crippen LogP contribution in [0.1, 0.15) is 10.4 Å². The second-order valence-corrected chi connectivity index (χ2v) is 3.07. The van der Waals surface area contributed by atoms with Crippen molar-refractivity contribution in [3.05, 3.63) is 41.1 Å². The van der Waals surface area contributed by atoms with Crippen molar-refractivity contribution in [1.29, 1.82) is 0 Å². The molecule has 0 amide bonds. The molecule has 2 rings (SSSR count). The Morgan fingerprint density at radius 3 is 2.80 bits per heavy atom. The molecule has 0 fully saturated rings. The molecule has 2 aromatic rings. The number of aldehydes is 1. The average Bonchev–Trinajstić information content (AvgIpc) is 2.30. The number of pyridine rings is 1. The summed E-state index contributed by atoms with van der Waals surface area (Å²) in [6, 6.07) is 8.33. The molecule has 0 saturated heterocycles. The monoisotopic (exact) mass is 203 g/mol. The van der Waals surface area contributed by atoms with Crippen LogP contribution in [0.4, 0.5) is 0 Å². The Bertz CT molecular complexity index is 522. The summed E-state index contributed by atoms with van der Waals surface area (Å²) in [6.45, 7) is 0. The largest absolute Gasteiger partial charge is 0.616 e.